The largest absolute Gasteiger partial charge is 0.387 e. The van der Waals surface area contributed by atoms with E-state index in [0.717, 1.165) is 16.7 Å². The van der Waals surface area contributed by atoms with E-state index in [-0.39, 0.29) is 18.9 Å². The summed E-state index contributed by atoms with van der Waals surface area (Å²) >= 11 is 0. The van der Waals surface area contributed by atoms with Crippen molar-refractivity contribution >= 4 is 5.91 Å². The van der Waals surface area contributed by atoms with Gasteiger partial charge in [0, 0.05) is 13.1 Å². The molecule has 0 aliphatic rings. The fraction of sp³-hybridized carbons (Fsp3) is 0.235. The highest BCUT2D eigenvalue weighted by Gasteiger charge is 2.10. The van der Waals surface area contributed by atoms with E-state index in [1.807, 2.05) is 54.6 Å². The van der Waals surface area contributed by atoms with Crippen LogP contribution in [0.5, 0.6) is 0 Å². The Morgan fingerprint density at radius 2 is 1.67 bits per heavy atom. The van der Waals surface area contributed by atoms with Crippen LogP contribution in [0.4, 0.5) is 0 Å². The van der Waals surface area contributed by atoms with Crippen LogP contribution in [0.15, 0.2) is 54.6 Å². The Balaban J connectivity index is 1.88. The normalized spacial score (nSPS) is 11.9. The van der Waals surface area contributed by atoms with Gasteiger partial charge in [0.1, 0.15) is 0 Å². The van der Waals surface area contributed by atoms with Crippen molar-refractivity contribution in [1.82, 2.24) is 5.32 Å². The van der Waals surface area contributed by atoms with Gasteiger partial charge < -0.3 is 16.2 Å². The minimum atomic E-state index is -0.695. The van der Waals surface area contributed by atoms with Gasteiger partial charge in [0.15, 0.2) is 0 Å². The molecule has 0 saturated carbocycles. The van der Waals surface area contributed by atoms with Crippen LogP contribution < -0.4 is 11.1 Å². The molecular formula is C17H20N2O2. The lowest BCUT2D eigenvalue weighted by atomic mass is 10.0. The van der Waals surface area contributed by atoms with Crippen molar-refractivity contribution in [2.45, 2.75) is 19.1 Å². The molecule has 21 heavy (non-hydrogen) atoms. The van der Waals surface area contributed by atoms with Gasteiger partial charge in [-0.2, -0.15) is 0 Å². The summed E-state index contributed by atoms with van der Waals surface area (Å²) in [4.78, 5) is 12.0. The van der Waals surface area contributed by atoms with Crippen LogP contribution in [0.2, 0.25) is 0 Å². The average Bonchev–Trinajstić information content (AvgIpc) is 2.54. The highest BCUT2D eigenvalue weighted by molar-refractivity contribution is 5.79. The molecule has 4 N–H and O–H groups in total. The fourth-order valence-corrected chi connectivity index (χ4v) is 2.17. The number of carbonyl (C=O) groups is 1. The predicted octanol–water partition coefficient (Wildman–Crippen LogP) is 1.54. The van der Waals surface area contributed by atoms with E-state index in [1.54, 1.807) is 0 Å². The molecule has 2 aromatic carbocycles. The number of aliphatic hydroxyl groups is 1. The number of hydrogen-bond donors (Lipinski definition) is 3. The zero-order valence-corrected chi connectivity index (χ0v) is 11.8. The summed E-state index contributed by atoms with van der Waals surface area (Å²) < 4.78 is 0. The smallest absolute Gasteiger partial charge is 0.224 e. The summed E-state index contributed by atoms with van der Waals surface area (Å²) in [6.45, 7) is 0.615. The molecule has 1 amide bonds. The molecule has 0 aliphatic carbocycles. The second-order valence-corrected chi connectivity index (χ2v) is 4.88. The van der Waals surface area contributed by atoms with E-state index in [9.17, 15) is 9.90 Å². The third-order valence-corrected chi connectivity index (χ3v) is 3.37. The summed E-state index contributed by atoms with van der Waals surface area (Å²) in [6.07, 6.45) is -0.422. The number of amides is 1. The van der Waals surface area contributed by atoms with Crippen molar-refractivity contribution in [3.8, 4) is 0 Å². The fourth-order valence-electron chi connectivity index (χ4n) is 2.17. The Labute approximate surface area is 124 Å². The minimum Gasteiger partial charge on any atom is -0.387 e. The van der Waals surface area contributed by atoms with Crippen molar-refractivity contribution in [2.75, 3.05) is 6.54 Å². The SMILES string of the molecule is NCc1ccccc1CC(=O)NCC(O)c1ccccc1. The van der Waals surface area contributed by atoms with Crippen molar-refractivity contribution in [3.05, 3.63) is 71.3 Å². The molecule has 0 bridgehead atoms. The third kappa shape index (κ3) is 4.41. The maximum Gasteiger partial charge on any atom is 0.224 e. The first-order valence-electron chi connectivity index (χ1n) is 6.97. The summed E-state index contributed by atoms with van der Waals surface area (Å²) in [5, 5.41) is 12.8. The first-order valence-corrected chi connectivity index (χ1v) is 6.97. The van der Waals surface area contributed by atoms with E-state index in [1.165, 1.54) is 0 Å². The Morgan fingerprint density at radius 3 is 2.33 bits per heavy atom. The van der Waals surface area contributed by atoms with Gasteiger partial charge in [-0.1, -0.05) is 54.6 Å². The molecule has 1 atom stereocenters. The molecule has 4 nitrogen and oxygen atoms in total. The molecule has 0 aromatic heterocycles. The third-order valence-electron chi connectivity index (χ3n) is 3.37. The van der Waals surface area contributed by atoms with E-state index in [0.29, 0.717) is 6.54 Å². The van der Waals surface area contributed by atoms with Crippen LogP contribution in [-0.2, 0) is 17.8 Å². The van der Waals surface area contributed by atoms with Crippen molar-refractivity contribution in [2.24, 2.45) is 5.73 Å². The Kier molecular flexibility index (Phi) is 5.49. The molecule has 0 radical (unpaired) electrons. The van der Waals surface area contributed by atoms with Gasteiger partial charge in [-0.3, -0.25) is 4.79 Å². The Hall–Kier alpha value is -2.17. The monoisotopic (exact) mass is 284 g/mol. The van der Waals surface area contributed by atoms with Crippen molar-refractivity contribution < 1.29 is 9.90 Å². The highest BCUT2D eigenvalue weighted by Crippen LogP contribution is 2.11. The lowest BCUT2D eigenvalue weighted by Crippen LogP contribution is -2.30. The molecule has 110 valence electrons. The second kappa shape index (κ2) is 7.57. The summed E-state index contributed by atoms with van der Waals surface area (Å²) in [5.74, 6) is -0.120. The molecule has 0 fully saturated rings. The van der Waals surface area contributed by atoms with E-state index >= 15 is 0 Å². The van der Waals surface area contributed by atoms with Gasteiger partial charge in [-0.15, -0.1) is 0 Å². The number of carbonyl (C=O) groups excluding carboxylic acids is 1. The Morgan fingerprint density at radius 1 is 1.05 bits per heavy atom. The molecule has 4 heteroatoms. The number of nitrogens with one attached hydrogen (secondary N) is 1. The number of nitrogens with two attached hydrogens (primary N) is 1. The zero-order chi connectivity index (χ0) is 15.1. The average molecular weight is 284 g/mol. The second-order valence-electron chi connectivity index (χ2n) is 4.88. The van der Waals surface area contributed by atoms with E-state index < -0.39 is 6.10 Å². The van der Waals surface area contributed by atoms with E-state index in [2.05, 4.69) is 5.32 Å². The number of rotatable bonds is 6. The van der Waals surface area contributed by atoms with Crippen LogP contribution in [0.1, 0.15) is 22.8 Å². The van der Waals surface area contributed by atoms with Gasteiger partial charge in [0.05, 0.1) is 12.5 Å². The molecule has 0 saturated heterocycles. The Bertz CT molecular complexity index is 584. The highest BCUT2D eigenvalue weighted by atomic mass is 16.3. The first kappa shape index (κ1) is 15.2. The van der Waals surface area contributed by atoms with Crippen LogP contribution in [0.25, 0.3) is 0 Å². The van der Waals surface area contributed by atoms with Crippen LogP contribution in [0.3, 0.4) is 0 Å². The lowest BCUT2D eigenvalue weighted by Gasteiger charge is -2.13. The number of benzene rings is 2. The number of hydrogen-bond acceptors (Lipinski definition) is 3. The quantitative estimate of drug-likeness (QED) is 0.753. The summed E-state index contributed by atoms with van der Waals surface area (Å²) in [6, 6.07) is 16.9. The first-order chi connectivity index (χ1) is 10.2. The number of aliphatic hydroxyl groups excluding tert-OH is 1. The molecular weight excluding hydrogens is 264 g/mol. The lowest BCUT2D eigenvalue weighted by molar-refractivity contribution is -0.120. The van der Waals surface area contributed by atoms with Gasteiger partial charge in [-0.25, -0.2) is 0 Å². The maximum atomic E-state index is 12.0. The molecule has 0 spiro atoms. The molecule has 0 aliphatic heterocycles. The zero-order valence-electron chi connectivity index (χ0n) is 11.8. The summed E-state index contributed by atoms with van der Waals surface area (Å²) in [7, 11) is 0. The standard InChI is InChI=1S/C17H20N2O2/c18-11-15-9-5-4-8-14(15)10-17(21)19-12-16(20)13-6-2-1-3-7-13/h1-9,16,20H,10-12,18H2,(H,19,21). The van der Waals surface area contributed by atoms with Gasteiger partial charge in [0.25, 0.3) is 0 Å². The minimum absolute atomic E-state index is 0.120. The van der Waals surface area contributed by atoms with Gasteiger partial charge in [-0.05, 0) is 16.7 Å². The maximum absolute atomic E-state index is 12.0. The molecule has 1 unspecified atom stereocenters. The van der Waals surface area contributed by atoms with Gasteiger partial charge >= 0.3 is 0 Å². The van der Waals surface area contributed by atoms with Crippen molar-refractivity contribution in [1.29, 1.82) is 0 Å². The molecule has 0 heterocycles. The van der Waals surface area contributed by atoms with E-state index in [4.69, 9.17) is 5.73 Å². The van der Waals surface area contributed by atoms with Crippen LogP contribution in [0, 0.1) is 0 Å². The van der Waals surface area contributed by atoms with Gasteiger partial charge in [0.2, 0.25) is 5.91 Å². The van der Waals surface area contributed by atoms with Crippen molar-refractivity contribution in [3.63, 3.8) is 0 Å². The summed E-state index contributed by atoms with van der Waals surface area (Å²) in [5.41, 5.74) is 8.34. The van der Waals surface area contributed by atoms with Crippen LogP contribution >= 0.6 is 0 Å². The molecule has 2 aromatic rings. The topological polar surface area (TPSA) is 75.4 Å². The predicted molar refractivity (Wildman–Crippen MR) is 82.4 cm³/mol. The molecule has 2 rings (SSSR count). The van der Waals surface area contributed by atoms with Crippen LogP contribution in [-0.4, -0.2) is 17.6 Å².